The number of anilines is 1. The lowest BCUT2D eigenvalue weighted by Crippen LogP contribution is -2.52. The van der Waals surface area contributed by atoms with Gasteiger partial charge in [-0.3, -0.25) is 14.4 Å². The molecule has 0 aliphatic carbocycles. The van der Waals surface area contributed by atoms with Gasteiger partial charge in [-0.15, -0.1) is 0 Å². The van der Waals surface area contributed by atoms with Gasteiger partial charge in [-0.2, -0.15) is 5.10 Å². The minimum atomic E-state index is -0.179. The molecule has 150 valence electrons. The Bertz CT molecular complexity index is 959. The first-order valence-electron chi connectivity index (χ1n) is 9.62. The summed E-state index contributed by atoms with van der Waals surface area (Å²) in [5, 5.41) is 5.71. The Balaban J connectivity index is 1.44. The summed E-state index contributed by atoms with van der Waals surface area (Å²) >= 11 is 0. The largest absolute Gasteiger partial charge is 0.459 e. The van der Waals surface area contributed by atoms with Gasteiger partial charge in [0.25, 0.3) is 11.8 Å². The van der Waals surface area contributed by atoms with Crippen molar-refractivity contribution in [2.75, 3.05) is 31.2 Å². The van der Waals surface area contributed by atoms with E-state index in [1.165, 1.54) is 11.3 Å². The number of furan rings is 1. The maximum atomic E-state index is 13.0. The van der Waals surface area contributed by atoms with Crippen molar-refractivity contribution in [3.05, 3.63) is 54.0 Å². The second-order valence-electron chi connectivity index (χ2n) is 7.10. The molecule has 0 unspecified atom stereocenters. The van der Waals surface area contributed by atoms with Crippen LogP contribution in [0.15, 0.2) is 52.2 Å². The second-order valence-corrected chi connectivity index (χ2v) is 7.10. The van der Waals surface area contributed by atoms with Gasteiger partial charge in [0.15, 0.2) is 5.76 Å². The number of piperazine rings is 1. The van der Waals surface area contributed by atoms with Crippen LogP contribution in [0.3, 0.4) is 0 Å². The van der Waals surface area contributed by atoms with Crippen LogP contribution in [0.25, 0.3) is 0 Å². The van der Waals surface area contributed by atoms with Gasteiger partial charge >= 0.3 is 0 Å². The van der Waals surface area contributed by atoms with Crippen molar-refractivity contribution in [1.82, 2.24) is 9.80 Å². The van der Waals surface area contributed by atoms with E-state index in [9.17, 15) is 14.4 Å². The van der Waals surface area contributed by atoms with Crippen LogP contribution in [0.1, 0.15) is 29.0 Å². The molecule has 29 heavy (non-hydrogen) atoms. The van der Waals surface area contributed by atoms with E-state index in [0.29, 0.717) is 49.8 Å². The standard InChI is InChI=1S/C21H22N4O4/c1-15-5-2-3-6-17(15)25-19(26)9-8-16(22-25)20(27)23-10-12-24(13-11-23)21(28)18-7-4-14-29-18/h2-7,14H,8-13H2,1H3. The first-order valence-corrected chi connectivity index (χ1v) is 9.62. The molecule has 1 fully saturated rings. The zero-order valence-corrected chi connectivity index (χ0v) is 16.2. The molecule has 0 bridgehead atoms. The highest BCUT2D eigenvalue weighted by atomic mass is 16.3. The summed E-state index contributed by atoms with van der Waals surface area (Å²) < 4.78 is 5.16. The van der Waals surface area contributed by atoms with Gasteiger partial charge < -0.3 is 14.2 Å². The van der Waals surface area contributed by atoms with Crippen LogP contribution in [-0.4, -0.2) is 59.4 Å². The Kier molecular flexibility index (Phi) is 5.16. The number of rotatable bonds is 3. The molecular weight excluding hydrogens is 372 g/mol. The molecule has 3 amide bonds. The van der Waals surface area contributed by atoms with Gasteiger partial charge in [0.1, 0.15) is 5.71 Å². The summed E-state index contributed by atoms with van der Waals surface area (Å²) in [5.41, 5.74) is 1.98. The molecule has 3 heterocycles. The monoisotopic (exact) mass is 394 g/mol. The summed E-state index contributed by atoms with van der Waals surface area (Å²) in [6, 6.07) is 10.8. The zero-order valence-electron chi connectivity index (χ0n) is 16.2. The number of hydrazone groups is 1. The number of hydrogen-bond donors (Lipinski definition) is 0. The Morgan fingerprint density at radius 1 is 0.931 bits per heavy atom. The number of nitrogens with zero attached hydrogens (tertiary/aromatic N) is 4. The predicted octanol–water partition coefficient (Wildman–Crippen LogP) is 2.06. The number of aryl methyl sites for hydroxylation is 1. The van der Waals surface area contributed by atoms with E-state index in [4.69, 9.17) is 4.42 Å². The zero-order chi connectivity index (χ0) is 20.4. The van der Waals surface area contributed by atoms with Crippen LogP contribution in [0.2, 0.25) is 0 Å². The average molecular weight is 394 g/mol. The maximum Gasteiger partial charge on any atom is 0.289 e. The molecule has 8 heteroatoms. The van der Waals surface area contributed by atoms with Gasteiger partial charge in [-0.1, -0.05) is 18.2 Å². The van der Waals surface area contributed by atoms with E-state index in [-0.39, 0.29) is 24.1 Å². The van der Waals surface area contributed by atoms with Crippen molar-refractivity contribution in [2.24, 2.45) is 5.10 Å². The fourth-order valence-corrected chi connectivity index (χ4v) is 3.55. The molecule has 8 nitrogen and oxygen atoms in total. The second kappa shape index (κ2) is 7.90. The summed E-state index contributed by atoms with van der Waals surface area (Å²) in [7, 11) is 0. The first-order chi connectivity index (χ1) is 14.0. The molecule has 0 N–H and O–H groups in total. The van der Waals surface area contributed by atoms with Crippen LogP contribution in [0, 0.1) is 6.92 Å². The van der Waals surface area contributed by atoms with E-state index >= 15 is 0 Å². The third kappa shape index (κ3) is 3.78. The Morgan fingerprint density at radius 3 is 2.28 bits per heavy atom. The van der Waals surface area contributed by atoms with Crippen molar-refractivity contribution < 1.29 is 18.8 Å². The van der Waals surface area contributed by atoms with Gasteiger partial charge in [-0.25, -0.2) is 5.01 Å². The topological polar surface area (TPSA) is 86.4 Å². The molecule has 1 saturated heterocycles. The summed E-state index contributed by atoms with van der Waals surface area (Å²) in [6.45, 7) is 3.60. The van der Waals surface area contributed by atoms with Gasteiger partial charge in [0.05, 0.1) is 12.0 Å². The van der Waals surface area contributed by atoms with Gasteiger partial charge in [0, 0.05) is 39.0 Å². The lowest BCUT2D eigenvalue weighted by molar-refractivity contribution is -0.125. The number of carbonyl (C=O) groups is 3. The van der Waals surface area contributed by atoms with Gasteiger partial charge in [-0.05, 0) is 30.7 Å². The summed E-state index contributed by atoms with van der Waals surface area (Å²) in [6.07, 6.45) is 2.04. The molecule has 2 aliphatic rings. The third-order valence-electron chi connectivity index (χ3n) is 5.21. The Hall–Kier alpha value is -3.42. The van der Waals surface area contributed by atoms with Crippen molar-refractivity contribution in [3.63, 3.8) is 0 Å². The highest BCUT2D eigenvalue weighted by Crippen LogP contribution is 2.24. The molecule has 1 aromatic carbocycles. The van der Waals surface area contributed by atoms with Gasteiger partial charge in [0.2, 0.25) is 5.91 Å². The van der Waals surface area contributed by atoms with E-state index in [0.717, 1.165) is 5.56 Å². The molecule has 2 aromatic rings. The number of hydrogen-bond acceptors (Lipinski definition) is 5. The molecule has 0 atom stereocenters. The van der Waals surface area contributed by atoms with Crippen molar-refractivity contribution in [1.29, 1.82) is 0 Å². The smallest absolute Gasteiger partial charge is 0.289 e. The molecule has 2 aliphatic heterocycles. The van der Waals surface area contributed by atoms with Crippen LogP contribution < -0.4 is 5.01 Å². The molecule has 0 radical (unpaired) electrons. The van der Waals surface area contributed by atoms with Crippen LogP contribution in [-0.2, 0) is 9.59 Å². The fourth-order valence-electron chi connectivity index (χ4n) is 3.55. The average Bonchev–Trinajstić information content (AvgIpc) is 3.29. The molecule has 0 saturated carbocycles. The maximum absolute atomic E-state index is 13.0. The minimum absolute atomic E-state index is 0.121. The number of amides is 3. The Labute approximate surface area is 168 Å². The normalized spacial score (nSPS) is 17.3. The van der Waals surface area contributed by atoms with Crippen LogP contribution in [0.5, 0.6) is 0 Å². The quantitative estimate of drug-likeness (QED) is 0.797. The summed E-state index contributed by atoms with van der Waals surface area (Å²) in [5.74, 6) is -0.173. The minimum Gasteiger partial charge on any atom is -0.459 e. The molecule has 0 spiro atoms. The predicted molar refractivity (Wildman–Crippen MR) is 107 cm³/mol. The first kappa shape index (κ1) is 18.9. The molecule has 4 rings (SSSR count). The van der Waals surface area contributed by atoms with Crippen molar-refractivity contribution in [2.45, 2.75) is 19.8 Å². The SMILES string of the molecule is Cc1ccccc1N1N=C(C(=O)N2CCN(C(=O)c3ccco3)CC2)CCC1=O. The lowest BCUT2D eigenvalue weighted by atomic mass is 10.1. The van der Waals surface area contributed by atoms with E-state index < -0.39 is 0 Å². The summed E-state index contributed by atoms with van der Waals surface area (Å²) in [4.78, 5) is 41.1. The van der Waals surface area contributed by atoms with Crippen molar-refractivity contribution >= 4 is 29.1 Å². The van der Waals surface area contributed by atoms with E-state index in [1.54, 1.807) is 21.9 Å². The number of benzene rings is 1. The Morgan fingerprint density at radius 2 is 1.62 bits per heavy atom. The number of carbonyl (C=O) groups excluding carboxylic acids is 3. The molecule has 1 aromatic heterocycles. The van der Waals surface area contributed by atoms with Crippen LogP contribution in [0.4, 0.5) is 5.69 Å². The number of para-hydroxylation sites is 1. The van der Waals surface area contributed by atoms with Crippen molar-refractivity contribution in [3.8, 4) is 0 Å². The highest BCUT2D eigenvalue weighted by molar-refractivity contribution is 6.40. The lowest BCUT2D eigenvalue weighted by Gasteiger charge is -2.35. The van der Waals surface area contributed by atoms with Crippen LogP contribution >= 0.6 is 0 Å². The molecular formula is C21H22N4O4. The van der Waals surface area contributed by atoms with E-state index in [2.05, 4.69) is 5.10 Å². The van der Waals surface area contributed by atoms with E-state index in [1.807, 2.05) is 31.2 Å². The fraction of sp³-hybridized carbons (Fsp3) is 0.333. The highest BCUT2D eigenvalue weighted by Gasteiger charge is 2.31. The third-order valence-corrected chi connectivity index (χ3v) is 5.21.